The van der Waals surface area contributed by atoms with E-state index in [4.69, 9.17) is 9.47 Å². The molecule has 0 aliphatic heterocycles. The number of ether oxygens (including phenoxy) is 3. The van der Waals surface area contributed by atoms with Gasteiger partial charge in [-0.05, 0) is 5.56 Å². The van der Waals surface area contributed by atoms with Gasteiger partial charge < -0.3 is 24.8 Å². The maximum absolute atomic E-state index is 11.4. The van der Waals surface area contributed by atoms with Crippen molar-refractivity contribution in [3.63, 3.8) is 0 Å². The molecule has 1 rings (SSSR count). The summed E-state index contributed by atoms with van der Waals surface area (Å²) < 4.78 is 14.2. The highest BCUT2D eigenvalue weighted by Gasteiger charge is 2.07. The van der Waals surface area contributed by atoms with Crippen LogP contribution in [0.1, 0.15) is 5.56 Å². The van der Waals surface area contributed by atoms with Crippen LogP contribution in [0.2, 0.25) is 0 Å². The molecule has 0 saturated carbocycles. The van der Waals surface area contributed by atoms with Crippen LogP contribution in [0.15, 0.2) is 30.3 Å². The number of rotatable bonds is 9. The molecule has 2 N–H and O–H groups in total. The van der Waals surface area contributed by atoms with Crippen molar-refractivity contribution in [3.8, 4) is 0 Å². The van der Waals surface area contributed by atoms with Crippen LogP contribution in [0.25, 0.3) is 0 Å². The zero-order valence-electron chi connectivity index (χ0n) is 12.9. The Bertz CT molecular complexity index is 506. The Morgan fingerprint density at radius 1 is 1.00 bits per heavy atom. The molecule has 0 aliphatic carbocycles. The van der Waals surface area contributed by atoms with Gasteiger partial charge in [0.25, 0.3) is 0 Å². The lowest BCUT2D eigenvalue weighted by Gasteiger charge is -2.08. The number of carbonyl (C=O) groups is 3. The Morgan fingerprint density at radius 3 is 2.43 bits per heavy atom. The third-order valence-corrected chi connectivity index (χ3v) is 2.63. The van der Waals surface area contributed by atoms with Gasteiger partial charge in [-0.3, -0.25) is 9.59 Å². The van der Waals surface area contributed by atoms with Gasteiger partial charge in [0.15, 0.2) is 0 Å². The molecule has 0 heterocycles. The summed E-state index contributed by atoms with van der Waals surface area (Å²) in [6.07, 6.45) is -0.699. The van der Waals surface area contributed by atoms with E-state index in [0.29, 0.717) is 6.54 Å². The average Bonchev–Trinajstić information content (AvgIpc) is 2.58. The predicted molar refractivity (Wildman–Crippen MR) is 80.5 cm³/mol. The van der Waals surface area contributed by atoms with E-state index in [1.807, 2.05) is 30.3 Å². The minimum absolute atomic E-state index is 0.0398. The lowest BCUT2D eigenvalue weighted by molar-refractivity contribution is -0.142. The molecular formula is C15H20N2O6. The standard InChI is InChI=1S/C15H20N2O6/c1-21-13(18)9-16-7-8-22-14(19)10-17-15(20)23-11-12-5-3-2-4-6-12/h2-6,16H,7-11H2,1H3,(H,17,20). The Morgan fingerprint density at radius 2 is 1.74 bits per heavy atom. The summed E-state index contributed by atoms with van der Waals surface area (Å²) in [5.41, 5.74) is 0.849. The van der Waals surface area contributed by atoms with Crippen LogP contribution < -0.4 is 10.6 Å². The van der Waals surface area contributed by atoms with Gasteiger partial charge in [0.2, 0.25) is 0 Å². The molecule has 0 spiro atoms. The van der Waals surface area contributed by atoms with Crippen molar-refractivity contribution in [3.05, 3.63) is 35.9 Å². The lowest BCUT2D eigenvalue weighted by atomic mass is 10.2. The normalized spacial score (nSPS) is 9.78. The number of carbonyl (C=O) groups excluding carboxylic acids is 3. The van der Waals surface area contributed by atoms with Gasteiger partial charge in [-0.1, -0.05) is 30.3 Å². The number of esters is 2. The fourth-order valence-electron chi connectivity index (χ4n) is 1.47. The highest BCUT2D eigenvalue weighted by Crippen LogP contribution is 2.00. The van der Waals surface area contributed by atoms with Gasteiger partial charge in [-0.25, -0.2) is 4.79 Å². The summed E-state index contributed by atoms with van der Waals surface area (Å²) in [5.74, 6) is -0.999. The molecule has 1 aromatic carbocycles. The molecule has 0 unspecified atom stereocenters. The zero-order chi connectivity index (χ0) is 16.9. The molecule has 0 radical (unpaired) electrons. The van der Waals surface area contributed by atoms with Crippen molar-refractivity contribution < 1.29 is 28.6 Å². The topological polar surface area (TPSA) is 103 Å². The average molecular weight is 324 g/mol. The summed E-state index contributed by atoms with van der Waals surface area (Å²) in [5, 5.41) is 5.02. The van der Waals surface area contributed by atoms with E-state index in [1.54, 1.807) is 0 Å². The molecule has 126 valence electrons. The zero-order valence-corrected chi connectivity index (χ0v) is 12.9. The number of hydrogen-bond acceptors (Lipinski definition) is 7. The summed E-state index contributed by atoms with van der Waals surface area (Å²) in [7, 11) is 1.28. The van der Waals surface area contributed by atoms with Gasteiger partial charge in [0.1, 0.15) is 19.8 Å². The maximum atomic E-state index is 11.4. The SMILES string of the molecule is COC(=O)CNCCOC(=O)CNC(=O)OCc1ccccc1. The van der Waals surface area contributed by atoms with E-state index in [0.717, 1.165) is 5.56 Å². The first-order chi connectivity index (χ1) is 11.1. The van der Waals surface area contributed by atoms with E-state index in [2.05, 4.69) is 15.4 Å². The molecule has 0 saturated heterocycles. The maximum Gasteiger partial charge on any atom is 0.407 e. The largest absolute Gasteiger partial charge is 0.468 e. The highest BCUT2D eigenvalue weighted by molar-refractivity contribution is 5.77. The Labute approximate surface area is 134 Å². The van der Waals surface area contributed by atoms with E-state index in [9.17, 15) is 14.4 Å². The number of benzene rings is 1. The van der Waals surface area contributed by atoms with E-state index in [-0.39, 0.29) is 26.3 Å². The summed E-state index contributed by atoms with van der Waals surface area (Å²) in [4.78, 5) is 33.6. The molecule has 1 amide bonds. The van der Waals surface area contributed by atoms with Gasteiger partial charge in [-0.2, -0.15) is 0 Å². The second-order valence-corrected chi connectivity index (χ2v) is 4.39. The first-order valence-corrected chi connectivity index (χ1v) is 6.99. The van der Waals surface area contributed by atoms with Crippen LogP contribution in [-0.2, 0) is 30.4 Å². The van der Waals surface area contributed by atoms with Gasteiger partial charge in [0.05, 0.1) is 13.7 Å². The Kier molecular flexibility index (Phi) is 8.84. The van der Waals surface area contributed by atoms with Crippen LogP contribution in [-0.4, -0.2) is 51.4 Å². The smallest absolute Gasteiger partial charge is 0.407 e. The third kappa shape index (κ3) is 9.10. The van der Waals surface area contributed by atoms with Crippen LogP contribution >= 0.6 is 0 Å². The minimum Gasteiger partial charge on any atom is -0.468 e. The quantitative estimate of drug-likeness (QED) is 0.380. The first kappa shape index (κ1) is 18.4. The molecule has 23 heavy (non-hydrogen) atoms. The van der Waals surface area contributed by atoms with Crippen LogP contribution in [0.5, 0.6) is 0 Å². The molecule has 8 nitrogen and oxygen atoms in total. The van der Waals surface area contributed by atoms with Crippen molar-refractivity contribution >= 4 is 18.0 Å². The van der Waals surface area contributed by atoms with Gasteiger partial charge in [-0.15, -0.1) is 0 Å². The first-order valence-electron chi connectivity index (χ1n) is 6.99. The molecule has 0 aromatic heterocycles. The molecule has 1 aromatic rings. The minimum atomic E-state index is -0.699. The fraction of sp³-hybridized carbons (Fsp3) is 0.400. The summed E-state index contributed by atoms with van der Waals surface area (Å²) in [6, 6.07) is 9.18. The molecule has 0 fully saturated rings. The molecule has 0 bridgehead atoms. The van der Waals surface area contributed by atoms with Crippen molar-refractivity contribution in [2.75, 3.05) is 33.4 Å². The van der Waals surface area contributed by atoms with Crippen molar-refractivity contribution in [2.45, 2.75) is 6.61 Å². The van der Waals surface area contributed by atoms with Gasteiger partial charge >= 0.3 is 18.0 Å². The number of amides is 1. The van der Waals surface area contributed by atoms with Gasteiger partial charge in [0, 0.05) is 6.54 Å². The predicted octanol–water partition coefficient (Wildman–Crippen LogP) is 0.219. The molecule has 8 heteroatoms. The molecule has 0 atom stereocenters. The second-order valence-electron chi connectivity index (χ2n) is 4.39. The van der Waals surface area contributed by atoms with E-state index < -0.39 is 18.0 Å². The van der Waals surface area contributed by atoms with Crippen LogP contribution in [0, 0.1) is 0 Å². The summed E-state index contributed by atoms with van der Waals surface area (Å²) >= 11 is 0. The monoisotopic (exact) mass is 324 g/mol. The Balaban J connectivity index is 2.04. The number of hydrogen-bond donors (Lipinski definition) is 2. The van der Waals surface area contributed by atoms with Crippen molar-refractivity contribution in [1.29, 1.82) is 0 Å². The molecular weight excluding hydrogens is 304 g/mol. The fourth-order valence-corrected chi connectivity index (χ4v) is 1.47. The van der Waals surface area contributed by atoms with Crippen molar-refractivity contribution in [1.82, 2.24) is 10.6 Å². The van der Waals surface area contributed by atoms with E-state index in [1.165, 1.54) is 7.11 Å². The molecule has 0 aliphatic rings. The number of alkyl carbamates (subject to hydrolysis) is 1. The summed E-state index contributed by atoms with van der Waals surface area (Å²) in [6.45, 7) is 0.262. The van der Waals surface area contributed by atoms with Crippen LogP contribution in [0.4, 0.5) is 4.79 Å². The third-order valence-electron chi connectivity index (χ3n) is 2.63. The van der Waals surface area contributed by atoms with Crippen molar-refractivity contribution in [2.24, 2.45) is 0 Å². The number of methoxy groups -OCH3 is 1. The lowest BCUT2D eigenvalue weighted by Crippen LogP contribution is -2.33. The Hall–Kier alpha value is -2.61. The number of nitrogens with one attached hydrogen (secondary N) is 2. The van der Waals surface area contributed by atoms with Crippen LogP contribution in [0.3, 0.4) is 0 Å². The van der Waals surface area contributed by atoms with E-state index >= 15 is 0 Å². The second kappa shape index (κ2) is 11.0. The highest BCUT2D eigenvalue weighted by atomic mass is 16.6.